The quantitative estimate of drug-likeness (QED) is 0.796. The van der Waals surface area contributed by atoms with Gasteiger partial charge in [0, 0.05) is 12.7 Å². The molecule has 100 valence electrons. The number of carboxylic acids is 1. The van der Waals surface area contributed by atoms with E-state index in [1.807, 2.05) is 20.8 Å². The maximum absolute atomic E-state index is 11.8. The summed E-state index contributed by atoms with van der Waals surface area (Å²) in [6, 6.07) is -0.859. The number of hydrogen-bond donors (Lipinski definition) is 2. The van der Waals surface area contributed by atoms with Crippen molar-refractivity contribution in [2.75, 3.05) is 0 Å². The molecule has 0 aliphatic rings. The highest BCUT2D eigenvalue weighted by atomic mass is 16.4. The third-order valence-electron chi connectivity index (χ3n) is 2.53. The summed E-state index contributed by atoms with van der Waals surface area (Å²) in [5, 5.41) is 15.5. The number of hydrogen-bond acceptors (Lipinski definition) is 3. The van der Waals surface area contributed by atoms with E-state index in [2.05, 4.69) is 10.4 Å². The molecule has 1 aromatic rings. The molecular weight excluding hydrogens is 234 g/mol. The minimum absolute atomic E-state index is 0.199. The van der Waals surface area contributed by atoms with Gasteiger partial charge in [0.2, 0.25) is 0 Å². The highest BCUT2D eigenvalue weighted by Gasteiger charge is 2.22. The lowest BCUT2D eigenvalue weighted by Crippen LogP contribution is -2.41. The zero-order valence-corrected chi connectivity index (χ0v) is 10.9. The summed E-state index contributed by atoms with van der Waals surface area (Å²) < 4.78 is 1.62. The first-order valence-corrected chi connectivity index (χ1v) is 6.00. The molecule has 0 aliphatic carbocycles. The average molecular weight is 253 g/mol. The molecule has 1 amide bonds. The monoisotopic (exact) mass is 253 g/mol. The minimum atomic E-state index is -1.01. The summed E-state index contributed by atoms with van der Waals surface area (Å²) in [6.45, 7) is 6.41. The molecule has 0 saturated carbocycles. The summed E-state index contributed by atoms with van der Waals surface area (Å²) >= 11 is 0. The van der Waals surface area contributed by atoms with Gasteiger partial charge in [-0.25, -0.2) is 4.79 Å². The molecule has 1 heterocycles. The Morgan fingerprint density at radius 2 is 2.17 bits per heavy atom. The minimum Gasteiger partial charge on any atom is -0.480 e. The standard InChI is InChI=1S/C12H19N3O3/c1-4-15-7-9(6-13-15)11(16)14-10(12(17)18)5-8(2)3/h6-8,10H,4-5H2,1-3H3,(H,14,16)(H,17,18)/t10-/m1/s1. The van der Waals surface area contributed by atoms with Crippen LogP contribution in [0.25, 0.3) is 0 Å². The van der Waals surface area contributed by atoms with E-state index in [4.69, 9.17) is 5.11 Å². The van der Waals surface area contributed by atoms with E-state index >= 15 is 0 Å². The Bertz CT molecular complexity index is 426. The van der Waals surface area contributed by atoms with Crippen molar-refractivity contribution in [2.45, 2.75) is 39.8 Å². The first-order chi connectivity index (χ1) is 8.43. The molecule has 0 bridgehead atoms. The Morgan fingerprint density at radius 1 is 1.50 bits per heavy atom. The normalized spacial score (nSPS) is 12.4. The molecule has 18 heavy (non-hydrogen) atoms. The molecule has 1 rings (SSSR count). The Kier molecular flexibility index (Phi) is 4.88. The molecule has 1 aromatic heterocycles. The number of nitrogens with zero attached hydrogens (tertiary/aromatic N) is 2. The maximum Gasteiger partial charge on any atom is 0.326 e. The Balaban J connectivity index is 2.69. The van der Waals surface area contributed by atoms with Crippen LogP contribution in [0.1, 0.15) is 37.6 Å². The molecule has 0 spiro atoms. The van der Waals surface area contributed by atoms with Gasteiger partial charge in [0.15, 0.2) is 0 Å². The van der Waals surface area contributed by atoms with Gasteiger partial charge in [-0.1, -0.05) is 13.8 Å². The van der Waals surface area contributed by atoms with Crippen molar-refractivity contribution >= 4 is 11.9 Å². The van der Waals surface area contributed by atoms with Gasteiger partial charge in [-0.3, -0.25) is 9.48 Å². The molecule has 2 N–H and O–H groups in total. The van der Waals surface area contributed by atoms with Crippen LogP contribution in [0.4, 0.5) is 0 Å². The fourth-order valence-electron chi connectivity index (χ4n) is 1.59. The van der Waals surface area contributed by atoms with E-state index in [1.54, 1.807) is 10.9 Å². The first-order valence-electron chi connectivity index (χ1n) is 6.00. The number of carbonyl (C=O) groups is 2. The first kappa shape index (κ1) is 14.2. The topological polar surface area (TPSA) is 84.2 Å². The Labute approximate surface area is 106 Å². The molecule has 0 fully saturated rings. The third-order valence-corrected chi connectivity index (χ3v) is 2.53. The number of aliphatic carboxylic acids is 1. The number of rotatable bonds is 6. The lowest BCUT2D eigenvalue weighted by atomic mass is 10.0. The van der Waals surface area contributed by atoms with Crippen LogP contribution < -0.4 is 5.32 Å². The summed E-state index contributed by atoms with van der Waals surface area (Å²) in [6.07, 6.45) is 3.44. The second kappa shape index (κ2) is 6.18. The molecule has 0 unspecified atom stereocenters. The van der Waals surface area contributed by atoms with E-state index in [0.717, 1.165) is 0 Å². The van der Waals surface area contributed by atoms with E-state index in [9.17, 15) is 9.59 Å². The van der Waals surface area contributed by atoms with Crippen LogP contribution in [-0.4, -0.2) is 32.8 Å². The molecule has 0 aromatic carbocycles. The van der Waals surface area contributed by atoms with E-state index in [-0.39, 0.29) is 5.92 Å². The van der Waals surface area contributed by atoms with Gasteiger partial charge in [-0.2, -0.15) is 5.10 Å². The predicted octanol–water partition coefficient (Wildman–Crippen LogP) is 1.13. The van der Waals surface area contributed by atoms with Crippen molar-refractivity contribution in [3.63, 3.8) is 0 Å². The number of aryl methyl sites for hydroxylation is 1. The molecule has 6 heteroatoms. The number of aromatic nitrogens is 2. The maximum atomic E-state index is 11.8. The second-order valence-electron chi connectivity index (χ2n) is 4.58. The molecule has 0 saturated heterocycles. The van der Waals surface area contributed by atoms with Crippen molar-refractivity contribution in [3.8, 4) is 0 Å². The van der Waals surface area contributed by atoms with E-state index in [0.29, 0.717) is 18.5 Å². The number of carbonyl (C=O) groups excluding carboxylic acids is 1. The van der Waals surface area contributed by atoms with Crippen molar-refractivity contribution in [2.24, 2.45) is 5.92 Å². The summed E-state index contributed by atoms with van der Waals surface area (Å²) in [4.78, 5) is 22.9. The van der Waals surface area contributed by atoms with Crippen molar-refractivity contribution in [1.29, 1.82) is 0 Å². The SMILES string of the molecule is CCn1cc(C(=O)N[C@H](CC(C)C)C(=O)O)cn1. The highest BCUT2D eigenvalue weighted by molar-refractivity contribution is 5.96. The fourth-order valence-corrected chi connectivity index (χ4v) is 1.59. The highest BCUT2D eigenvalue weighted by Crippen LogP contribution is 2.06. The molecule has 0 aliphatic heterocycles. The Morgan fingerprint density at radius 3 is 2.61 bits per heavy atom. The summed E-state index contributed by atoms with van der Waals surface area (Å²) in [5.74, 6) is -1.22. The fraction of sp³-hybridized carbons (Fsp3) is 0.583. The van der Waals surface area contributed by atoms with Crippen LogP contribution in [0.2, 0.25) is 0 Å². The van der Waals surface area contributed by atoms with Crippen LogP contribution in [0.15, 0.2) is 12.4 Å². The summed E-state index contributed by atoms with van der Waals surface area (Å²) in [7, 11) is 0. The summed E-state index contributed by atoms with van der Waals surface area (Å²) in [5.41, 5.74) is 0.381. The van der Waals surface area contributed by atoms with Crippen LogP contribution in [-0.2, 0) is 11.3 Å². The largest absolute Gasteiger partial charge is 0.480 e. The molecule has 0 radical (unpaired) electrons. The molecular formula is C12H19N3O3. The van der Waals surface area contributed by atoms with E-state index < -0.39 is 17.9 Å². The molecule has 6 nitrogen and oxygen atoms in total. The number of amides is 1. The van der Waals surface area contributed by atoms with Gasteiger partial charge in [-0.15, -0.1) is 0 Å². The van der Waals surface area contributed by atoms with Gasteiger partial charge in [-0.05, 0) is 19.3 Å². The van der Waals surface area contributed by atoms with Gasteiger partial charge in [0.25, 0.3) is 5.91 Å². The average Bonchev–Trinajstić information content (AvgIpc) is 2.75. The van der Waals surface area contributed by atoms with Crippen molar-refractivity contribution < 1.29 is 14.7 Å². The lowest BCUT2D eigenvalue weighted by Gasteiger charge is -2.15. The van der Waals surface area contributed by atoms with Crippen molar-refractivity contribution in [1.82, 2.24) is 15.1 Å². The molecule has 1 atom stereocenters. The third kappa shape index (κ3) is 3.87. The predicted molar refractivity (Wildman–Crippen MR) is 66.2 cm³/mol. The van der Waals surface area contributed by atoms with Crippen LogP contribution in [0, 0.1) is 5.92 Å². The number of carboxylic acid groups (broad SMARTS) is 1. The van der Waals surface area contributed by atoms with Gasteiger partial charge in [0.1, 0.15) is 6.04 Å². The number of nitrogens with one attached hydrogen (secondary N) is 1. The van der Waals surface area contributed by atoms with E-state index in [1.165, 1.54) is 6.20 Å². The van der Waals surface area contributed by atoms with Crippen LogP contribution in [0.3, 0.4) is 0 Å². The second-order valence-corrected chi connectivity index (χ2v) is 4.58. The van der Waals surface area contributed by atoms with Crippen LogP contribution >= 0.6 is 0 Å². The Hall–Kier alpha value is -1.85. The lowest BCUT2D eigenvalue weighted by molar-refractivity contribution is -0.139. The smallest absolute Gasteiger partial charge is 0.326 e. The zero-order chi connectivity index (χ0) is 13.7. The van der Waals surface area contributed by atoms with Crippen LogP contribution in [0.5, 0.6) is 0 Å². The van der Waals surface area contributed by atoms with Gasteiger partial charge in [0.05, 0.1) is 11.8 Å². The van der Waals surface area contributed by atoms with Gasteiger partial charge >= 0.3 is 5.97 Å². The van der Waals surface area contributed by atoms with Crippen molar-refractivity contribution in [3.05, 3.63) is 18.0 Å². The zero-order valence-electron chi connectivity index (χ0n) is 10.9. The van der Waals surface area contributed by atoms with Gasteiger partial charge < -0.3 is 10.4 Å².